The Balaban J connectivity index is 1.83. The highest BCUT2D eigenvalue weighted by molar-refractivity contribution is 6.21. The number of ether oxygens (including phenoxy) is 1. The Kier molecular flexibility index (Phi) is 6.14. The molecular formula is C26H27N3O4. The van der Waals surface area contributed by atoms with Crippen LogP contribution in [-0.2, 0) is 9.53 Å². The number of Topliss-reactive ketones (excluding diaryl/α,β-unsaturated/α-hetero) is 1. The fourth-order valence-corrected chi connectivity index (χ4v) is 4.05. The van der Waals surface area contributed by atoms with E-state index in [9.17, 15) is 14.7 Å². The van der Waals surface area contributed by atoms with Gasteiger partial charge in [-0.25, -0.2) is 0 Å². The number of nitrogens with zero attached hydrogens (tertiary/aromatic N) is 3. The zero-order valence-corrected chi connectivity index (χ0v) is 19.2. The fraction of sp³-hybridized carbons (Fsp3) is 0.308. The molecule has 1 atom stereocenters. The number of ketones is 1. The first kappa shape index (κ1) is 22.5. The Labute approximate surface area is 193 Å². The summed E-state index contributed by atoms with van der Waals surface area (Å²) in [5, 5.41) is 19.1. The number of carbonyl (C=O) groups is 2. The van der Waals surface area contributed by atoms with E-state index in [1.807, 2.05) is 45.1 Å². The summed E-state index contributed by atoms with van der Waals surface area (Å²) >= 11 is 0. The molecule has 170 valence electrons. The first-order valence-electron chi connectivity index (χ1n) is 11.0. The Morgan fingerprint density at radius 3 is 2.48 bits per heavy atom. The van der Waals surface area contributed by atoms with E-state index < -0.39 is 23.5 Å². The van der Waals surface area contributed by atoms with Crippen LogP contribution in [0, 0.1) is 13.8 Å². The normalized spacial score (nSPS) is 18.5. The molecule has 2 aliphatic rings. The van der Waals surface area contributed by atoms with Crippen molar-refractivity contribution >= 4 is 17.5 Å². The van der Waals surface area contributed by atoms with Crippen molar-refractivity contribution in [1.29, 1.82) is 0 Å². The fourth-order valence-electron chi connectivity index (χ4n) is 4.05. The second-order valence-electron chi connectivity index (χ2n) is 8.59. The molecule has 1 aliphatic carbocycles. The molecule has 2 aromatic rings. The highest BCUT2D eigenvalue weighted by Crippen LogP contribution is 2.37. The molecule has 2 heterocycles. The number of amides is 1. The Morgan fingerprint density at radius 1 is 1.12 bits per heavy atom. The van der Waals surface area contributed by atoms with Gasteiger partial charge in [-0.3, -0.25) is 14.5 Å². The van der Waals surface area contributed by atoms with E-state index in [1.165, 1.54) is 4.90 Å². The van der Waals surface area contributed by atoms with Gasteiger partial charge in [0.2, 0.25) is 0 Å². The van der Waals surface area contributed by atoms with Crippen LogP contribution < -0.4 is 4.90 Å². The van der Waals surface area contributed by atoms with Crippen molar-refractivity contribution in [2.75, 3.05) is 4.90 Å². The summed E-state index contributed by atoms with van der Waals surface area (Å²) in [6.45, 7) is 7.62. The van der Waals surface area contributed by atoms with Gasteiger partial charge in [-0.2, -0.15) is 5.10 Å². The van der Waals surface area contributed by atoms with E-state index in [0.29, 0.717) is 23.3 Å². The Bertz CT molecular complexity index is 1180. The average Bonchev–Trinajstić information content (AvgIpc) is 3.05. The van der Waals surface area contributed by atoms with Gasteiger partial charge in [0.15, 0.2) is 17.4 Å². The molecule has 0 radical (unpaired) electrons. The van der Waals surface area contributed by atoms with E-state index in [1.54, 1.807) is 31.2 Å². The van der Waals surface area contributed by atoms with Crippen molar-refractivity contribution in [1.82, 2.24) is 10.2 Å². The van der Waals surface area contributed by atoms with E-state index in [4.69, 9.17) is 4.74 Å². The smallest absolute Gasteiger partial charge is 0.295 e. The summed E-state index contributed by atoms with van der Waals surface area (Å²) in [6, 6.07) is 9.62. The molecule has 1 N–H and O–H groups in total. The number of anilines is 1. The third-order valence-electron chi connectivity index (χ3n) is 5.60. The molecule has 1 unspecified atom stereocenters. The number of rotatable bonds is 6. The van der Waals surface area contributed by atoms with Gasteiger partial charge in [0.05, 0.1) is 29.2 Å². The zero-order chi connectivity index (χ0) is 23.7. The maximum atomic E-state index is 13.5. The number of hydrogen-bond donors (Lipinski definition) is 1. The number of aliphatic hydroxyl groups excluding tert-OH is 1. The lowest BCUT2D eigenvalue weighted by molar-refractivity contribution is -0.117. The molecule has 1 aromatic carbocycles. The highest BCUT2D eigenvalue weighted by atomic mass is 16.5. The summed E-state index contributed by atoms with van der Waals surface area (Å²) in [5.41, 5.74) is 2.83. The summed E-state index contributed by atoms with van der Waals surface area (Å²) in [4.78, 5) is 28.1. The van der Waals surface area contributed by atoms with Gasteiger partial charge < -0.3 is 9.84 Å². The predicted octanol–water partition coefficient (Wildman–Crippen LogP) is 4.53. The number of aromatic nitrogens is 2. The van der Waals surface area contributed by atoms with E-state index >= 15 is 0 Å². The second-order valence-corrected chi connectivity index (χ2v) is 8.59. The van der Waals surface area contributed by atoms with Gasteiger partial charge in [0, 0.05) is 12.0 Å². The molecule has 7 heteroatoms. The summed E-state index contributed by atoms with van der Waals surface area (Å²) in [7, 11) is 0. The second kappa shape index (κ2) is 9.02. The van der Waals surface area contributed by atoms with Gasteiger partial charge in [-0.15, -0.1) is 5.10 Å². The van der Waals surface area contributed by atoms with Crippen molar-refractivity contribution < 1.29 is 19.4 Å². The molecule has 0 saturated heterocycles. The van der Waals surface area contributed by atoms with Crippen LogP contribution in [0.25, 0.3) is 0 Å². The van der Waals surface area contributed by atoms with E-state index in [2.05, 4.69) is 10.2 Å². The Morgan fingerprint density at radius 2 is 1.85 bits per heavy atom. The van der Waals surface area contributed by atoms with Crippen LogP contribution in [0.1, 0.15) is 48.3 Å². The molecule has 33 heavy (non-hydrogen) atoms. The Hall–Kier alpha value is -3.74. The van der Waals surface area contributed by atoms with Crippen molar-refractivity contribution in [2.24, 2.45) is 0 Å². The summed E-state index contributed by atoms with van der Waals surface area (Å²) < 4.78 is 5.91. The third-order valence-corrected chi connectivity index (χ3v) is 5.60. The molecule has 0 spiro atoms. The quantitative estimate of drug-likeness (QED) is 0.657. The van der Waals surface area contributed by atoms with Crippen LogP contribution in [0.5, 0.6) is 0 Å². The lowest BCUT2D eigenvalue weighted by Crippen LogP contribution is -2.39. The summed E-state index contributed by atoms with van der Waals surface area (Å²) in [5.74, 6) is -0.614. The van der Waals surface area contributed by atoms with Gasteiger partial charge in [-0.05, 0) is 57.9 Å². The molecule has 0 saturated carbocycles. The minimum absolute atomic E-state index is 0.00233. The molecule has 0 fully saturated rings. The van der Waals surface area contributed by atoms with Crippen molar-refractivity contribution in [3.8, 4) is 0 Å². The van der Waals surface area contributed by atoms with Gasteiger partial charge in [0.1, 0.15) is 0 Å². The minimum atomic E-state index is -0.839. The number of aryl methyl sites for hydroxylation is 2. The molecule has 7 nitrogen and oxygen atoms in total. The molecule has 1 amide bonds. The van der Waals surface area contributed by atoms with Gasteiger partial charge >= 0.3 is 0 Å². The van der Waals surface area contributed by atoms with Crippen molar-refractivity contribution in [2.45, 2.75) is 52.7 Å². The standard InChI is InChI=1S/C26H27N3O4/c1-15(2)33-20-7-5-6-19(14-20)23-22(24(30)18-11-8-16(3)9-12-18)25(31)26(32)29(23)21-13-10-17(4)27-28-21/h6,8-15,23,31H,5,7H2,1-4H3. The number of aliphatic hydroxyl groups is 1. The molecule has 1 aromatic heterocycles. The van der Waals surface area contributed by atoms with Gasteiger partial charge in [-0.1, -0.05) is 35.9 Å². The van der Waals surface area contributed by atoms with Crippen LogP contribution in [0.3, 0.4) is 0 Å². The maximum Gasteiger partial charge on any atom is 0.295 e. The lowest BCUT2D eigenvalue weighted by atomic mass is 9.89. The topological polar surface area (TPSA) is 92.6 Å². The monoisotopic (exact) mass is 445 g/mol. The van der Waals surface area contributed by atoms with Crippen LogP contribution in [0.15, 0.2) is 71.2 Å². The van der Waals surface area contributed by atoms with Crippen LogP contribution in [0.4, 0.5) is 5.82 Å². The first-order valence-corrected chi connectivity index (χ1v) is 11.0. The van der Waals surface area contributed by atoms with Crippen LogP contribution >= 0.6 is 0 Å². The average molecular weight is 446 g/mol. The SMILES string of the molecule is Cc1ccc(C(=O)C2=C(O)C(=O)N(c3ccc(C)nn3)C2C2=CCCC(OC(C)C)=C2)cc1. The van der Waals surface area contributed by atoms with Crippen LogP contribution in [0.2, 0.25) is 0 Å². The minimum Gasteiger partial charge on any atom is -0.503 e. The molecule has 4 rings (SSSR count). The molecule has 1 aliphatic heterocycles. The lowest BCUT2D eigenvalue weighted by Gasteiger charge is -2.28. The number of benzene rings is 1. The van der Waals surface area contributed by atoms with E-state index in [-0.39, 0.29) is 17.5 Å². The van der Waals surface area contributed by atoms with Crippen molar-refractivity contribution in [3.63, 3.8) is 0 Å². The third kappa shape index (κ3) is 4.44. The number of hydrogen-bond acceptors (Lipinski definition) is 6. The number of allylic oxidation sites excluding steroid dienone is 2. The first-order chi connectivity index (χ1) is 15.8. The number of carbonyl (C=O) groups excluding carboxylic acids is 2. The van der Waals surface area contributed by atoms with Crippen molar-refractivity contribution in [3.05, 3.63) is 88.0 Å². The van der Waals surface area contributed by atoms with E-state index in [0.717, 1.165) is 17.7 Å². The maximum absolute atomic E-state index is 13.5. The van der Waals surface area contributed by atoms with Gasteiger partial charge in [0.25, 0.3) is 5.91 Å². The molecular weight excluding hydrogens is 418 g/mol. The zero-order valence-electron chi connectivity index (χ0n) is 19.2. The highest BCUT2D eigenvalue weighted by Gasteiger charge is 2.46. The summed E-state index contributed by atoms with van der Waals surface area (Å²) in [6.07, 6.45) is 5.25. The van der Waals surface area contributed by atoms with Crippen LogP contribution in [-0.4, -0.2) is 39.1 Å². The predicted molar refractivity (Wildman–Crippen MR) is 125 cm³/mol. The largest absolute Gasteiger partial charge is 0.503 e. The molecule has 0 bridgehead atoms.